The number of aryl methyl sites for hydroxylation is 1. The zero-order valence-electron chi connectivity index (χ0n) is 9.69. The lowest BCUT2D eigenvalue weighted by atomic mass is 10.0. The predicted octanol–water partition coefficient (Wildman–Crippen LogP) is 2.64. The maximum atomic E-state index is 6.17. The normalized spacial score (nSPS) is 12.4. The number of nitrogens with one attached hydrogen (secondary N) is 1. The van der Waals surface area contributed by atoms with Gasteiger partial charge in [0, 0.05) is 6.20 Å². The van der Waals surface area contributed by atoms with Gasteiger partial charge in [-0.2, -0.15) is 0 Å². The molecule has 0 fully saturated rings. The van der Waals surface area contributed by atoms with E-state index in [9.17, 15) is 0 Å². The summed E-state index contributed by atoms with van der Waals surface area (Å²) in [6.45, 7) is 1.87. The summed E-state index contributed by atoms with van der Waals surface area (Å²) in [4.78, 5) is 8.48. The first-order valence-electron chi connectivity index (χ1n) is 5.32. The third kappa shape index (κ3) is 2.62. The minimum atomic E-state index is -0.343. The van der Waals surface area contributed by atoms with Crippen molar-refractivity contribution in [2.24, 2.45) is 5.84 Å². The number of hydrogen-bond acceptors (Lipinski definition) is 4. The minimum Gasteiger partial charge on any atom is -0.271 e. The fourth-order valence-corrected chi connectivity index (χ4v) is 2.05. The van der Waals surface area contributed by atoms with E-state index in [0.717, 1.165) is 11.3 Å². The molecule has 1 atom stereocenters. The second kappa shape index (κ2) is 5.63. The lowest BCUT2D eigenvalue weighted by Crippen LogP contribution is -2.30. The number of nitrogens with zero attached hydrogens (tertiary/aromatic N) is 2. The molecule has 0 radical (unpaired) electrons. The molecule has 0 bridgehead atoms. The Labute approximate surface area is 115 Å². The Morgan fingerprint density at radius 3 is 2.61 bits per heavy atom. The van der Waals surface area contributed by atoms with Crippen LogP contribution in [0.4, 0.5) is 0 Å². The number of halogens is 2. The van der Waals surface area contributed by atoms with E-state index >= 15 is 0 Å². The van der Waals surface area contributed by atoms with Crippen LogP contribution in [0.2, 0.25) is 10.0 Å². The van der Waals surface area contributed by atoms with Gasteiger partial charge in [-0.05, 0) is 18.6 Å². The van der Waals surface area contributed by atoms with Crippen LogP contribution in [0, 0.1) is 6.92 Å². The summed E-state index contributed by atoms with van der Waals surface area (Å²) in [5.74, 6) is 5.57. The number of aromatic nitrogens is 2. The molecule has 2 aromatic rings. The molecule has 3 N–H and O–H groups in total. The Hall–Kier alpha value is -1.20. The molecule has 1 aromatic carbocycles. The smallest absolute Gasteiger partial charge is 0.0911 e. The molecule has 0 saturated heterocycles. The van der Waals surface area contributed by atoms with Crippen LogP contribution in [-0.2, 0) is 0 Å². The lowest BCUT2D eigenvalue weighted by molar-refractivity contribution is 0.617. The van der Waals surface area contributed by atoms with Gasteiger partial charge in [0.1, 0.15) is 0 Å². The highest BCUT2D eigenvalue weighted by Gasteiger charge is 2.18. The van der Waals surface area contributed by atoms with E-state index in [-0.39, 0.29) is 6.04 Å². The lowest BCUT2D eigenvalue weighted by Gasteiger charge is -2.17. The summed E-state index contributed by atoms with van der Waals surface area (Å²) >= 11 is 12.2. The van der Waals surface area contributed by atoms with E-state index < -0.39 is 0 Å². The Bertz CT molecular complexity index is 542. The van der Waals surface area contributed by atoms with Crippen LogP contribution in [0.5, 0.6) is 0 Å². The maximum absolute atomic E-state index is 6.17. The van der Waals surface area contributed by atoms with Gasteiger partial charge in [-0.15, -0.1) is 0 Å². The third-order valence-electron chi connectivity index (χ3n) is 2.56. The molecule has 6 heteroatoms. The first-order chi connectivity index (χ1) is 8.63. The Morgan fingerprint density at radius 1 is 1.22 bits per heavy atom. The van der Waals surface area contributed by atoms with Crippen molar-refractivity contribution in [2.75, 3.05) is 0 Å². The van der Waals surface area contributed by atoms with Crippen molar-refractivity contribution in [1.29, 1.82) is 0 Å². The molecule has 2 rings (SSSR count). The summed E-state index contributed by atoms with van der Waals surface area (Å²) in [6.07, 6.45) is 3.34. The zero-order valence-corrected chi connectivity index (χ0v) is 11.2. The zero-order chi connectivity index (χ0) is 13.1. The first-order valence-corrected chi connectivity index (χ1v) is 6.07. The van der Waals surface area contributed by atoms with Gasteiger partial charge in [0.05, 0.1) is 33.7 Å². The fourth-order valence-electron chi connectivity index (χ4n) is 1.63. The highest BCUT2D eigenvalue weighted by atomic mass is 35.5. The van der Waals surface area contributed by atoms with Crippen LogP contribution in [0.1, 0.15) is 23.0 Å². The van der Waals surface area contributed by atoms with Crippen molar-refractivity contribution in [3.63, 3.8) is 0 Å². The van der Waals surface area contributed by atoms with E-state index in [4.69, 9.17) is 29.0 Å². The van der Waals surface area contributed by atoms with Crippen LogP contribution >= 0.6 is 23.2 Å². The van der Waals surface area contributed by atoms with Gasteiger partial charge < -0.3 is 0 Å². The van der Waals surface area contributed by atoms with Gasteiger partial charge in [-0.25, -0.2) is 5.43 Å². The molecule has 0 saturated carbocycles. The van der Waals surface area contributed by atoms with Gasteiger partial charge in [0.15, 0.2) is 0 Å². The summed E-state index contributed by atoms with van der Waals surface area (Å²) in [6, 6.07) is 5.04. The van der Waals surface area contributed by atoms with Crippen molar-refractivity contribution in [3.05, 3.63) is 57.6 Å². The summed E-state index contributed by atoms with van der Waals surface area (Å²) in [5.41, 5.74) is 4.97. The van der Waals surface area contributed by atoms with Crippen LogP contribution in [0.3, 0.4) is 0 Å². The van der Waals surface area contributed by atoms with Crippen molar-refractivity contribution >= 4 is 23.2 Å². The predicted molar refractivity (Wildman–Crippen MR) is 72.4 cm³/mol. The Balaban J connectivity index is 2.45. The second-order valence-electron chi connectivity index (χ2n) is 3.83. The first kappa shape index (κ1) is 13.2. The van der Waals surface area contributed by atoms with Crippen molar-refractivity contribution in [2.45, 2.75) is 13.0 Å². The average molecular weight is 283 g/mol. The molecule has 1 heterocycles. The molecule has 1 aromatic heterocycles. The van der Waals surface area contributed by atoms with Gasteiger partial charge in [-0.1, -0.05) is 35.3 Å². The van der Waals surface area contributed by atoms with Crippen LogP contribution in [-0.4, -0.2) is 9.97 Å². The second-order valence-corrected chi connectivity index (χ2v) is 4.61. The molecular formula is C12H12Cl2N4. The van der Waals surface area contributed by atoms with Crippen LogP contribution in [0.15, 0.2) is 30.6 Å². The highest BCUT2D eigenvalue weighted by molar-refractivity contribution is 6.42. The van der Waals surface area contributed by atoms with E-state index in [1.807, 2.05) is 19.1 Å². The monoisotopic (exact) mass is 282 g/mol. The van der Waals surface area contributed by atoms with E-state index in [0.29, 0.717) is 15.7 Å². The van der Waals surface area contributed by atoms with Gasteiger partial charge in [0.25, 0.3) is 0 Å². The van der Waals surface area contributed by atoms with E-state index in [1.165, 1.54) is 0 Å². The Morgan fingerprint density at radius 2 is 2.00 bits per heavy atom. The Kier molecular flexibility index (Phi) is 4.14. The number of benzene rings is 1. The summed E-state index contributed by atoms with van der Waals surface area (Å²) in [5, 5.41) is 0.943. The molecule has 0 aliphatic rings. The number of hydrazine groups is 1. The molecule has 1 unspecified atom stereocenters. The standard InChI is InChI=1S/C12H12Cl2N4/c1-7-5-17-10(6-16-7)12(18-15)8-3-2-4-9(13)11(8)14/h2-6,12,18H,15H2,1H3. The molecule has 0 aliphatic carbocycles. The van der Waals surface area contributed by atoms with Crippen LogP contribution in [0.25, 0.3) is 0 Å². The van der Waals surface area contributed by atoms with Crippen molar-refractivity contribution in [3.8, 4) is 0 Å². The molecule has 18 heavy (non-hydrogen) atoms. The topological polar surface area (TPSA) is 63.8 Å². The minimum absolute atomic E-state index is 0.343. The fraction of sp³-hybridized carbons (Fsp3) is 0.167. The molecule has 0 spiro atoms. The molecule has 0 amide bonds. The SMILES string of the molecule is Cc1cnc(C(NN)c2cccc(Cl)c2Cl)cn1. The average Bonchev–Trinajstić information content (AvgIpc) is 2.37. The highest BCUT2D eigenvalue weighted by Crippen LogP contribution is 2.31. The quantitative estimate of drug-likeness (QED) is 0.671. The summed E-state index contributed by atoms with van der Waals surface area (Å²) in [7, 11) is 0. The number of rotatable bonds is 3. The van der Waals surface area contributed by atoms with Crippen molar-refractivity contribution in [1.82, 2.24) is 15.4 Å². The number of hydrogen-bond donors (Lipinski definition) is 2. The van der Waals surface area contributed by atoms with Gasteiger partial charge in [0.2, 0.25) is 0 Å². The third-order valence-corrected chi connectivity index (χ3v) is 3.39. The number of nitrogens with two attached hydrogens (primary N) is 1. The molecule has 4 nitrogen and oxygen atoms in total. The van der Waals surface area contributed by atoms with Crippen molar-refractivity contribution < 1.29 is 0 Å². The molecular weight excluding hydrogens is 271 g/mol. The largest absolute Gasteiger partial charge is 0.271 e. The van der Waals surface area contributed by atoms with E-state index in [1.54, 1.807) is 18.5 Å². The maximum Gasteiger partial charge on any atom is 0.0911 e. The molecule has 0 aliphatic heterocycles. The van der Waals surface area contributed by atoms with Gasteiger partial charge in [-0.3, -0.25) is 15.8 Å². The van der Waals surface area contributed by atoms with Crippen LogP contribution < -0.4 is 11.3 Å². The van der Waals surface area contributed by atoms with E-state index in [2.05, 4.69) is 15.4 Å². The summed E-state index contributed by atoms with van der Waals surface area (Å²) < 4.78 is 0. The molecule has 94 valence electrons. The van der Waals surface area contributed by atoms with Gasteiger partial charge >= 0.3 is 0 Å².